The molecule has 2 saturated heterocycles. The number of piperidine rings is 2. The lowest BCUT2D eigenvalue weighted by Crippen LogP contribution is -2.43. The van der Waals surface area contributed by atoms with Crippen LogP contribution in [0.3, 0.4) is 0 Å². The van der Waals surface area contributed by atoms with Crippen LogP contribution in [0.4, 0.5) is 8.78 Å². The number of fused-ring (bicyclic) bond motifs is 2. The number of hydrogen-bond donors (Lipinski definition) is 0. The second-order valence-corrected chi connectivity index (χ2v) is 14.0. The van der Waals surface area contributed by atoms with Crippen LogP contribution >= 0.6 is 0 Å². The summed E-state index contributed by atoms with van der Waals surface area (Å²) in [6, 6.07) is 15.5. The molecule has 52 heavy (non-hydrogen) atoms. The first-order chi connectivity index (χ1) is 24.9. The summed E-state index contributed by atoms with van der Waals surface area (Å²) in [5, 5.41) is 2.46. The Labute approximate surface area is 301 Å². The van der Waals surface area contributed by atoms with Gasteiger partial charge in [-0.15, -0.1) is 0 Å². The summed E-state index contributed by atoms with van der Waals surface area (Å²) in [4.78, 5) is 54.3. The van der Waals surface area contributed by atoms with Crippen molar-refractivity contribution >= 4 is 45.3 Å². The van der Waals surface area contributed by atoms with Gasteiger partial charge in [-0.25, -0.2) is 8.78 Å². The Bertz CT molecular complexity index is 1980. The van der Waals surface area contributed by atoms with Gasteiger partial charge in [0.1, 0.15) is 35.3 Å². The first-order valence-corrected chi connectivity index (χ1v) is 18.0. The molecule has 2 heterocycles. The second kappa shape index (κ2) is 16.1. The van der Waals surface area contributed by atoms with E-state index in [4.69, 9.17) is 14.2 Å². The normalized spacial score (nSPS) is 15.7. The SMILES string of the molecule is CCC(=O)N1CCC(Oc2cc(CC(=O)OC(=O)Cc3cc(OC4CCN(C(=O)C(C)C)CC4)c4cc(F)ccc4c3)cc3ccc(F)cc23)CC1. The molecule has 9 nitrogen and oxygen atoms in total. The predicted octanol–water partition coefficient (Wildman–Crippen LogP) is 6.93. The molecule has 4 aromatic rings. The maximum Gasteiger partial charge on any atom is 0.317 e. The molecule has 6 rings (SSSR count). The highest BCUT2D eigenvalue weighted by molar-refractivity contribution is 5.93. The smallest absolute Gasteiger partial charge is 0.317 e. The molecule has 11 heteroatoms. The van der Waals surface area contributed by atoms with Crippen LogP contribution < -0.4 is 9.47 Å². The van der Waals surface area contributed by atoms with Crippen molar-refractivity contribution < 1.29 is 42.2 Å². The topological polar surface area (TPSA) is 102 Å². The van der Waals surface area contributed by atoms with Crippen LogP contribution in [0, 0.1) is 17.6 Å². The van der Waals surface area contributed by atoms with Gasteiger partial charge in [0.15, 0.2) is 0 Å². The van der Waals surface area contributed by atoms with Crippen molar-refractivity contribution in [2.75, 3.05) is 26.2 Å². The van der Waals surface area contributed by atoms with Crippen molar-refractivity contribution in [2.45, 2.75) is 77.9 Å². The Morgan fingerprint density at radius 2 is 1.12 bits per heavy atom. The van der Waals surface area contributed by atoms with Crippen LogP contribution in [0.2, 0.25) is 0 Å². The van der Waals surface area contributed by atoms with Gasteiger partial charge in [0, 0.05) is 75.0 Å². The van der Waals surface area contributed by atoms with Gasteiger partial charge in [0.25, 0.3) is 0 Å². The maximum absolute atomic E-state index is 14.3. The number of carbonyl (C=O) groups excluding carboxylic acids is 4. The van der Waals surface area contributed by atoms with E-state index in [1.807, 2.05) is 30.6 Å². The van der Waals surface area contributed by atoms with Crippen LogP contribution in [0.15, 0.2) is 60.7 Å². The number of halogens is 2. The minimum absolute atomic E-state index is 0.0869. The zero-order valence-corrected chi connectivity index (χ0v) is 29.8. The van der Waals surface area contributed by atoms with Crippen LogP contribution in [-0.4, -0.2) is 71.9 Å². The molecule has 4 aromatic carbocycles. The fraction of sp³-hybridized carbons (Fsp3) is 0.415. The first kappa shape index (κ1) is 36.7. The first-order valence-electron chi connectivity index (χ1n) is 18.0. The molecule has 0 aliphatic carbocycles. The van der Waals surface area contributed by atoms with Crippen LogP contribution in [0.25, 0.3) is 21.5 Å². The second-order valence-electron chi connectivity index (χ2n) is 14.0. The maximum atomic E-state index is 14.3. The largest absolute Gasteiger partial charge is 0.490 e. The average Bonchev–Trinajstić information content (AvgIpc) is 3.12. The minimum Gasteiger partial charge on any atom is -0.490 e. The van der Waals surface area contributed by atoms with Crippen molar-refractivity contribution in [3.63, 3.8) is 0 Å². The summed E-state index contributed by atoms with van der Waals surface area (Å²) >= 11 is 0. The summed E-state index contributed by atoms with van der Waals surface area (Å²) in [5.74, 6) is -1.41. The predicted molar refractivity (Wildman–Crippen MR) is 192 cm³/mol. The molecule has 2 fully saturated rings. The summed E-state index contributed by atoms with van der Waals surface area (Å²) in [7, 11) is 0. The number of nitrogens with zero attached hydrogens (tertiary/aromatic N) is 2. The lowest BCUT2D eigenvalue weighted by atomic mass is 10.0. The number of likely N-dealkylation sites (tertiary alicyclic amines) is 2. The van der Waals surface area contributed by atoms with E-state index < -0.39 is 23.6 Å². The number of ether oxygens (including phenoxy) is 3. The van der Waals surface area contributed by atoms with Gasteiger partial charge in [-0.2, -0.15) is 0 Å². The zero-order chi connectivity index (χ0) is 36.9. The van der Waals surface area contributed by atoms with Crippen molar-refractivity contribution in [1.82, 2.24) is 9.80 Å². The van der Waals surface area contributed by atoms with Gasteiger partial charge >= 0.3 is 11.9 Å². The standard InChI is InChI=1S/C41H44F2N2O7/c1-4-38(46)44-13-9-32(10-14-44)50-36-19-26(17-28-5-7-30(42)23-34(28)36)21-39(47)52-40(48)22-27-18-29-6-8-31(43)24-35(29)37(20-27)51-33-11-15-45(16-12-33)41(49)25(2)3/h5-8,17-20,23-25,32-33H,4,9-16,21-22H2,1-3H3. The molecule has 2 amide bonds. The van der Waals surface area contributed by atoms with Gasteiger partial charge in [-0.1, -0.05) is 45.0 Å². The van der Waals surface area contributed by atoms with E-state index in [9.17, 15) is 28.0 Å². The zero-order valence-electron chi connectivity index (χ0n) is 29.8. The molecule has 0 saturated carbocycles. The highest BCUT2D eigenvalue weighted by atomic mass is 19.1. The highest BCUT2D eigenvalue weighted by Crippen LogP contribution is 2.33. The fourth-order valence-electron chi connectivity index (χ4n) is 7.01. The number of carbonyl (C=O) groups is 4. The number of esters is 2. The molecule has 0 atom stereocenters. The van der Waals surface area contributed by atoms with E-state index in [1.165, 1.54) is 24.3 Å². The monoisotopic (exact) mass is 714 g/mol. The molecule has 0 radical (unpaired) electrons. The third-order valence-electron chi connectivity index (χ3n) is 9.73. The van der Waals surface area contributed by atoms with E-state index >= 15 is 0 Å². The lowest BCUT2D eigenvalue weighted by molar-refractivity contribution is -0.158. The van der Waals surface area contributed by atoms with Crippen molar-refractivity contribution in [2.24, 2.45) is 5.92 Å². The van der Waals surface area contributed by atoms with Crippen molar-refractivity contribution in [3.05, 3.63) is 83.4 Å². The summed E-state index contributed by atoms with van der Waals surface area (Å²) in [5.41, 5.74) is 1.07. The average molecular weight is 715 g/mol. The quantitative estimate of drug-likeness (QED) is 0.130. The van der Waals surface area contributed by atoms with E-state index in [-0.39, 0.29) is 42.8 Å². The number of benzene rings is 4. The van der Waals surface area contributed by atoms with Gasteiger partial charge in [0.2, 0.25) is 11.8 Å². The molecule has 0 spiro atoms. The highest BCUT2D eigenvalue weighted by Gasteiger charge is 2.27. The number of amides is 2. The third kappa shape index (κ3) is 8.86. The lowest BCUT2D eigenvalue weighted by Gasteiger charge is -2.33. The number of hydrogen-bond acceptors (Lipinski definition) is 7. The van der Waals surface area contributed by atoms with Crippen LogP contribution in [0.1, 0.15) is 64.0 Å². The van der Waals surface area contributed by atoms with Crippen LogP contribution in [-0.2, 0) is 36.8 Å². The molecule has 0 unspecified atom stereocenters. The molecule has 2 aliphatic rings. The van der Waals surface area contributed by atoms with Crippen molar-refractivity contribution in [3.8, 4) is 11.5 Å². The fourth-order valence-corrected chi connectivity index (χ4v) is 7.01. The van der Waals surface area contributed by atoms with Gasteiger partial charge in [-0.3, -0.25) is 19.2 Å². The summed E-state index contributed by atoms with van der Waals surface area (Å²) in [6.07, 6.45) is 2.10. The Hall–Kier alpha value is -5.06. The van der Waals surface area contributed by atoms with E-state index in [0.717, 1.165) is 0 Å². The Morgan fingerprint density at radius 3 is 1.54 bits per heavy atom. The third-order valence-corrected chi connectivity index (χ3v) is 9.73. The molecule has 0 bridgehead atoms. The molecular weight excluding hydrogens is 670 g/mol. The van der Waals surface area contributed by atoms with E-state index in [2.05, 4.69) is 0 Å². The minimum atomic E-state index is -0.759. The molecule has 274 valence electrons. The molecule has 2 aliphatic heterocycles. The Balaban J connectivity index is 1.12. The molecular formula is C41H44F2N2O7. The Morgan fingerprint density at radius 1 is 0.673 bits per heavy atom. The van der Waals surface area contributed by atoms with Crippen molar-refractivity contribution in [1.29, 1.82) is 0 Å². The van der Waals surface area contributed by atoms with Gasteiger partial charge in [0.05, 0.1) is 12.8 Å². The molecule has 0 N–H and O–H groups in total. The van der Waals surface area contributed by atoms with Gasteiger partial charge in [-0.05, 0) is 58.3 Å². The number of rotatable bonds is 10. The Kier molecular flexibility index (Phi) is 11.4. The van der Waals surface area contributed by atoms with E-state index in [0.29, 0.717) is 102 Å². The van der Waals surface area contributed by atoms with E-state index in [1.54, 1.807) is 36.4 Å². The van der Waals surface area contributed by atoms with Crippen LogP contribution in [0.5, 0.6) is 11.5 Å². The van der Waals surface area contributed by atoms with Gasteiger partial charge < -0.3 is 24.0 Å². The summed E-state index contributed by atoms with van der Waals surface area (Å²) in [6.45, 7) is 7.84. The summed E-state index contributed by atoms with van der Waals surface area (Å²) < 4.78 is 46.5. The molecule has 0 aromatic heterocycles.